The highest BCUT2D eigenvalue weighted by Crippen LogP contribution is 2.38. The van der Waals surface area contributed by atoms with Crippen LogP contribution in [-0.4, -0.2) is 23.9 Å². The number of carbonyl (C=O) groups excluding carboxylic acids is 2. The number of methoxy groups -OCH3 is 1. The monoisotopic (exact) mass is 358 g/mol. The lowest BCUT2D eigenvalue weighted by molar-refractivity contribution is -0.122. The number of nitrogens with one attached hydrogen (secondary N) is 2. The molecular formula is C21H14N2O4. The average Bonchev–Trinajstić information content (AvgIpc) is 3.36. The highest BCUT2D eigenvalue weighted by molar-refractivity contribution is 6.50. The number of H-pyrrole nitrogens is 1. The van der Waals surface area contributed by atoms with Crippen molar-refractivity contribution in [3.63, 3.8) is 0 Å². The molecule has 0 spiro atoms. The molecule has 27 heavy (non-hydrogen) atoms. The third-order valence-electron chi connectivity index (χ3n) is 4.84. The van der Waals surface area contributed by atoms with Crippen molar-refractivity contribution in [2.24, 2.45) is 0 Å². The van der Waals surface area contributed by atoms with E-state index in [0.29, 0.717) is 33.6 Å². The molecule has 1 aliphatic rings. The Bertz CT molecular complexity index is 1280. The lowest BCUT2D eigenvalue weighted by Gasteiger charge is -2.03. The maximum atomic E-state index is 12.6. The van der Waals surface area contributed by atoms with E-state index >= 15 is 0 Å². The van der Waals surface area contributed by atoms with Crippen molar-refractivity contribution >= 4 is 44.8 Å². The molecule has 0 atom stereocenters. The predicted octanol–water partition coefficient (Wildman–Crippen LogP) is 3.49. The second-order valence-electron chi connectivity index (χ2n) is 6.29. The van der Waals surface area contributed by atoms with E-state index in [1.54, 1.807) is 25.4 Å². The van der Waals surface area contributed by atoms with Crippen molar-refractivity contribution in [3.05, 3.63) is 66.1 Å². The van der Waals surface area contributed by atoms with Crippen molar-refractivity contribution in [2.75, 3.05) is 7.11 Å². The van der Waals surface area contributed by atoms with E-state index < -0.39 is 11.8 Å². The molecule has 132 valence electrons. The lowest BCUT2D eigenvalue weighted by Crippen LogP contribution is -2.22. The van der Waals surface area contributed by atoms with Gasteiger partial charge in [0.1, 0.15) is 11.3 Å². The second kappa shape index (κ2) is 5.60. The summed E-state index contributed by atoms with van der Waals surface area (Å²) in [7, 11) is 1.58. The first-order valence-electron chi connectivity index (χ1n) is 8.39. The van der Waals surface area contributed by atoms with Crippen molar-refractivity contribution in [3.8, 4) is 5.75 Å². The van der Waals surface area contributed by atoms with Crippen LogP contribution in [0, 0.1) is 0 Å². The Balaban J connectivity index is 1.80. The Morgan fingerprint density at radius 1 is 0.926 bits per heavy atom. The number of furan rings is 1. The van der Waals surface area contributed by atoms with Crippen LogP contribution in [0.2, 0.25) is 0 Å². The minimum atomic E-state index is -0.432. The summed E-state index contributed by atoms with van der Waals surface area (Å²) in [6, 6.07) is 13.0. The summed E-state index contributed by atoms with van der Waals surface area (Å²) in [5.41, 5.74) is 3.41. The van der Waals surface area contributed by atoms with Gasteiger partial charge in [0.2, 0.25) is 0 Å². The number of aromatic amines is 1. The van der Waals surface area contributed by atoms with Gasteiger partial charge in [0, 0.05) is 39.7 Å². The van der Waals surface area contributed by atoms with Crippen LogP contribution in [0.25, 0.3) is 33.0 Å². The summed E-state index contributed by atoms with van der Waals surface area (Å²) in [6.07, 6.45) is 3.26. The molecule has 0 aliphatic carbocycles. The summed E-state index contributed by atoms with van der Waals surface area (Å²) in [5, 5.41) is 4.04. The molecule has 0 radical (unpaired) electrons. The van der Waals surface area contributed by atoms with Crippen LogP contribution >= 0.6 is 0 Å². The Hall–Kier alpha value is -3.80. The Morgan fingerprint density at radius 3 is 2.52 bits per heavy atom. The van der Waals surface area contributed by atoms with Gasteiger partial charge in [-0.25, -0.2) is 0 Å². The first-order valence-corrected chi connectivity index (χ1v) is 8.39. The standard InChI is InChI=1S/C21H14N2O4/c1-26-11-6-7-13-15(10-27-17(13)8-11)19-18(20(24)23-21(19)25)14-9-22-16-5-3-2-4-12(14)16/h2-10,22H,1H3,(H,23,24,25). The lowest BCUT2D eigenvalue weighted by atomic mass is 9.95. The largest absolute Gasteiger partial charge is 0.497 e. The molecule has 0 bridgehead atoms. The number of amides is 2. The fourth-order valence-electron chi connectivity index (χ4n) is 3.58. The van der Waals surface area contributed by atoms with Crippen molar-refractivity contribution < 1.29 is 18.7 Å². The zero-order chi connectivity index (χ0) is 18.5. The number of para-hydroxylation sites is 1. The fraction of sp³-hybridized carbons (Fsp3) is 0.0476. The molecule has 6 heteroatoms. The highest BCUT2D eigenvalue weighted by atomic mass is 16.5. The second-order valence-corrected chi connectivity index (χ2v) is 6.29. The smallest absolute Gasteiger partial charge is 0.259 e. The van der Waals surface area contributed by atoms with Crippen LogP contribution in [0.4, 0.5) is 0 Å². The van der Waals surface area contributed by atoms with E-state index in [-0.39, 0.29) is 0 Å². The molecule has 2 aromatic heterocycles. The molecule has 0 fully saturated rings. The number of rotatable bonds is 3. The number of hydrogen-bond donors (Lipinski definition) is 2. The molecule has 0 saturated heterocycles. The first-order chi connectivity index (χ1) is 13.2. The normalized spacial score (nSPS) is 14.4. The van der Waals surface area contributed by atoms with Crippen molar-refractivity contribution in [2.45, 2.75) is 0 Å². The Kier molecular flexibility index (Phi) is 3.21. The van der Waals surface area contributed by atoms with E-state index in [4.69, 9.17) is 9.15 Å². The molecule has 2 N–H and O–H groups in total. The highest BCUT2D eigenvalue weighted by Gasteiger charge is 2.35. The van der Waals surface area contributed by atoms with Gasteiger partial charge in [-0.05, 0) is 18.2 Å². The van der Waals surface area contributed by atoms with E-state index in [1.165, 1.54) is 6.26 Å². The maximum absolute atomic E-state index is 12.6. The fourth-order valence-corrected chi connectivity index (χ4v) is 3.58. The summed E-state index contributed by atoms with van der Waals surface area (Å²) >= 11 is 0. The zero-order valence-corrected chi connectivity index (χ0v) is 14.3. The number of aromatic nitrogens is 1. The quantitative estimate of drug-likeness (QED) is 0.549. The third kappa shape index (κ3) is 2.20. The van der Waals surface area contributed by atoms with Gasteiger partial charge >= 0.3 is 0 Å². The van der Waals surface area contributed by atoms with E-state index in [1.807, 2.05) is 30.3 Å². The molecule has 2 aromatic carbocycles. The minimum Gasteiger partial charge on any atom is -0.497 e. The molecular weight excluding hydrogens is 344 g/mol. The van der Waals surface area contributed by atoms with Gasteiger partial charge < -0.3 is 14.1 Å². The van der Waals surface area contributed by atoms with Crippen LogP contribution in [0.5, 0.6) is 5.75 Å². The summed E-state index contributed by atoms with van der Waals surface area (Å²) in [6.45, 7) is 0. The van der Waals surface area contributed by atoms with Crippen LogP contribution in [0.15, 0.2) is 59.3 Å². The summed E-state index contributed by atoms with van der Waals surface area (Å²) in [5.74, 6) is -0.192. The SMILES string of the molecule is COc1ccc2c(C3=C(c4c[nH]c5ccccc45)C(=O)NC3=O)coc2c1. The molecule has 1 aliphatic heterocycles. The van der Waals surface area contributed by atoms with E-state index in [9.17, 15) is 9.59 Å². The van der Waals surface area contributed by atoms with Gasteiger partial charge in [-0.15, -0.1) is 0 Å². The van der Waals surface area contributed by atoms with E-state index in [0.717, 1.165) is 16.3 Å². The molecule has 3 heterocycles. The maximum Gasteiger partial charge on any atom is 0.259 e. The number of ether oxygens (including phenoxy) is 1. The minimum absolute atomic E-state index is 0.314. The number of fused-ring (bicyclic) bond motifs is 2. The number of benzene rings is 2. The Labute approximate surface area is 153 Å². The predicted molar refractivity (Wildman–Crippen MR) is 101 cm³/mol. The molecule has 0 unspecified atom stereocenters. The molecule has 0 saturated carbocycles. The molecule has 2 amide bonds. The van der Waals surface area contributed by atoms with Gasteiger partial charge in [-0.3, -0.25) is 14.9 Å². The molecule has 4 aromatic rings. The number of imide groups is 1. The van der Waals surface area contributed by atoms with Crippen LogP contribution in [0.3, 0.4) is 0 Å². The van der Waals surface area contributed by atoms with Gasteiger partial charge in [0.05, 0.1) is 24.5 Å². The zero-order valence-electron chi connectivity index (χ0n) is 14.3. The number of hydrogen-bond acceptors (Lipinski definition) is 4. The topological polar surface area (TPSA) is 84.3 Å². The van der Waals surface area contributed by atoms with Crippen LogP contribution in [0.1, 0.15) is 11.1 Å². The molecule has 6 nitrogen and oxygen atoms in total. The van der Waals surface area contributed by atoms with Gasteiger partial charge in [0.15, 0.2) is 0 Å². The summed E-state index contributed by atoms with van der Waals surface area (Å²) < 4.78 is 10.8. The Morgan fingerprint density at radius 2 is 1.70 bits per heavy atom. The van der Waals surface area contributed by atoms with Crippen molar-refractivity contribution in [1.82, 2.24) is 10.3 Å². The average molecular weight is 358 g/mol. The number of carbonyl (C=O) groups is 2. The van der Waals surface area contributed by atoms with Crippen LogP contribution < -0.4 is 10.1 Å². The third-order valence-corrected chi connectivity index (χ3v) is 4.84. The van der Waals surface area contributed by atoms with E-state index in [2.05, 4.69) is 10.3 Å². The van der Waals surface area contributed by atoms with Gasteiger partial charge in [-0.2, -0.15) is 0 Å². The first kappa shape index (κ1) is 15.5. The summed E-state index contributed by atoms with van der Waals surface area (Å²) in [4.78, 5) is 28.4. The van der Waals surface area contributed by atoms with Gasteiger partial charge in [-0.1, -0.05) is 18.2 Å². The van der Waals surface area contributed by atoms with Crippen molar-refractivity contribution in [1.29, 1.82) is 0 Å². The molecule has 5 rings (SSSR count). The van der Waals surface area contributed by atoms with Gasteiger partial charge in [0.25, 0.3) is 11.8 Å². The van der Waals surface area contributed by atoms with Crippen LogP contribution in [-0.2, 0) is 9.59 Å².